The van der Waals surface area contributed by atoms with Gasteiger partial charge in [-0.3, -0.25) is 4.79 Å². The monoisotopic (exact) mass is 256 g/mol. The fraction of sp³-hybridized carbons (Fsp3) is 0.846. The molecule has 1 fully saturated rings. The number of carboxylic acids is 1. The summed E-state index contributed by atoms with van der Waals surface area (Å²) < 4.78 is 0. The van der Waals surface area contributed by atoms with Crippen LogP contribution < -0.4 is 10.6 Å². The Morgan fingerprint density at radius 3 is 2.50 bits per heavy atom. The summed E-state index contributed by atoms with van der Waals surface area (Å²) in [7, 11) is 0. The lowest BCUT2D eigenvalue weighted by atomic mass is 9.80. The number of nitrogens with one attached hydrogen (secondary N) is 2. The minimum atomic E-state index is -0.843. The van der Waals surface area contributed by atoms with Crippen molar-refractivity contribution in [2.24, 2.45) is 11.8 Å². The van der Waals surface area contributed by atoms with Gasteiger partial charge in [0.1, 0.15) is 0 Å². The maximum atomic E-state index is 11.6. The molecule has 18 heavy (non-hydrogen) atoms. The van der Waals surface area contributed by atoms with E-state index in [1.165, 1.54) is 19.3 Å². The van der Waals surface area contributed by atoms with Crippen LogP contribution in [0.3, 0.4) is 0 Å². The summed E-state index contributed by atoms with van der Waals surface area (Å²) in [5.41, 5.74) is 0. The Bertz CT molecular complexity index is 290. The average Bonchev–Trinajstić information content (AvgIpc) is 2.20. The lowest BCUT2D eigenvalue weighted by Gasteiger charge is -2.31. The van der Waals surface area contributed by atoms with Gasteiger partial charge in [0, 0.05) is 12.6 Å². The van der Waals surface area contributed by atoms with Gasteiger partial charge in [0.2, 0.25) is 0 Å². The highest BCUT2D eigenvalue weighted by atomic mass is 16.4. The highest BCUT2D eigenvalue weighted by Gasteiger charge is 2.25. The van der Waals surface area contributed by atoms with Crippen molar-refractivity contribution in [3.05, 3.63) is 0 Å². The number of rotatable bonds is 7. The fourth-order valence-corrected chi connectivity index (χ4v) is 2.19. The third-order valence-corrected chi connectivity index (χ3v) is 3.71. The first-order valence-electron chi connectivity index (χ1n) is 6.81. The molecule has 1 rings (SSSR count). The Labute approximate surface area is 108 Å². The summed E-state index contributed by atoms with van der Waals surface area (Å²) in [6, 6.07) is -0.0787. The summed E-state index contributed by atoms with van der Waals surface area (Å²) >= 11 is 0. The molecule has 2 atom stereocenters. The highest BCUT2D eigenvalue weighted by molar-refractivity contribution is 5.76. The second-order valence-electron chi connectivity index (χ2n) is 5.16. The van der Waals surface area contributed by atoms with Gasteiger partial charge in [-0.2, -0.15) is 0 Å². The van der Waals surface area contributed by atoms with Crippen LogP contribution in [-0.2, 0) is 4.79 Å². The number of hydrogen-bond donors (Lipinski definition) is 3. The number of amides is 2. The molecule has 0 aromatic heterocycles. The quantitative estimate of drug-likeness (QED) is 0.651. The van der Waals surface area contributed by atoms with Crippen LogP contribution in [0.2, 0.25) is 0 Å². The summed E-state index contributed by atoms with van der Waals surface area (Å²) in [4.78, 5) is 22.5. The summed E-state index contributed by atoms with van der Waals surface area (Å²) in [5.74, 6) is -0.745. The first-order chi connectivity index (χ1) is 8.54. The molecule has 3 N–H and O–H groups in total. The smallest absolute Gasteiger partial charge is 0.315 e. The van der Waals surface area contributed by atoms with Crippen molar-refractivity contribution in [3.63, 3.8) is 0 Å². The zero-order valence-corrected chi connectivity index (χ0v) is 11.2. The lowest BCUT2D eigenvalue weighted by Crippen LogP contribution is -2.47. The van der Waals surface area contributed by atoms with Crippen LogP contribution in [0.5, 0.6) is 0 Å². The second kappa shape index (κ2) is 7.24. The highest BCUT2D eigenvalue weighted by Crippen LogP contribution is 2.29. The van der Waals surface area contributed by atoms with Gasteiger partial charge in [-0.1, -0.05) is 19.8 Å². The maximum Gasteiger partial charge on any atom is 0.315 e. The minimum absolute atomic E-state index is 0.174. The molecule has 0 aliphatic heterocycles. The second-order valence-corrected chi connectivity index (χ2v) is 5.16. The molecule has 2 amide bonds. The Morgan fingerprint density at radius 1 is 1.39 bits per heavy atom. The van der Waals surface area contributed by atoms with E-state index in [0.29, 0.717) is 12.3 Å². The van der Waals surface area contributed by atoms with Gasteiger partial charge >= 0.3 is 12.0 Å². The Kier molecular flexibility index (Phi) is 5.95. The van der Waals surface area contributed by atoms with Crippen molar-refractivity contribution in [1.82, 2.24) is 10.6 Å². The largest absolute Gasteiger partial charge is 0.481 e. The number of hydrogen-bond acceptors (Lipinski definition) is 2. The van der Waals surface area contributed by atoms with Gasteiger partial charge in [0.15, 0.2) is 0 Å². The molecular formula is C13H24N2O3. The van der Waals surface area contributed by atoms with Crippen molar-refractivity contribution in [2.45, 2.75) is 52.0 Å². The normalized spacial score (nSPS) is 18.6. The van der Waals surface area contributed by atoms with Crippen molar-refractivity contribution >= 4 is 12.0 Å². The van der Waals surface area contributed by atoms with Gasteiger partial charge in [-0.25, -0.2) is 4.79 Å². The topological polar surface area (TPSA) is 78.4 Å². The van der Waals surface area contributed by atoms with Gasteiger partial charge in [-0.15, -0.1) is 0 Å². The first-order valence-corrected chi connectivity index (χ1v) is 6.81. The number of aliphatic carboxylic acids is 1. The van der Waals surface area contributed by atoms with E-state index >= 15 is 0 Å². The molecule has 0 heterocycles. The molecule has 0 spiro atoms. The van der Waals surface area contributed by atoms with Crippen molar-refractivity contribution in [1.29, 1.82) is 0 Å². The van der Waals surface area contributed by atoms with Crippen LogP contribution in [0.25, 0.3) is 0 Å². The van der Waals surface area contributed by atoms with Crippen LogP contribution in [0.4, 0.5) is 4.79 Å². The minimum Gasteiger partial charge on any atom is -0.481 e. The van der Waals surface area contributed by atoms with Gasteiger partial charge in [0.25, 0.3) is 0 Å². The first kappa shape index (κ1) is 14.8. The molecule has 2 unspecified atom stereocenters. The third-order valence-electron chi connectivity index (χ3n) is 3.71. The molecule has 0 radical (unpaired) electrons. The van der Waals surface area contributed by atoms with Crippen molar-refractivity contribution in [3.8, 4) is 0 Å². The number of carboxylic acid groups (broad SMARTS) is 1. The lowest BCUT2D eigenvalue weighted by molar-refractivity contribution is -0.141. The van der Waals surface area contributed by atoms with E-state index < -0.39 is 11.9 Å². The molecule has 0 aromatic carbocycles. The van der Waals surface area contributed by atoms with Crippen molar-refractivity contribution in [2.75, 3.05) is 6.54 Å². The van der Waals surface area contributed by atoms with Crippen LogP contribution in [0.15, 0.2) is 0 Å². The zero-order valence-electron chi connectivity index (χ0n) is 11.2. The Morgan fingerprint density at radius 2 is 2.06 bits per heavy atom. The van der Waals surface area contributed by atoms with E-state index in [2.05, 4.69) is 10.6 Å². The van der Waals surface area contributed by atoms with E-state index in [1.807, 2.05) is 13.8 Å². The number of urea groups is 1. The van der Waals surface area contributed by atoms with E-state index in [-0.39, 0.29) is 18.6 Å². The maximum absolute atomic E-state index is 11.6. The van der Waals surface area contributed by atoms with Gasteiger partial charge in [0.05, 0.1) is 5.92 Å². The number of carbonyl (C=O) groups is 2. The van der Waals surface area contributed by atoms with E-state index in [0.717, 1.165) is 6.42 Å². The summed E-state index contributed by atoms with van der Waals surface area (Å²) in [6.45, 7) is 4.14. The van der Waals surface area contributed by atoms with E-state index in [4.69, 9.17) is 5.11 Å². The predicted octanol–water partition coefficient (Wildman–Crippen LogP) is 1.98. The van der Waals surface area contributed by atoms with Crippen LogP contribution >= 0.6 is 0 Å². The van der Waals surface area contributed by atoms with Crippen LogP contribution in [0.1, 0.15) is 46.0 Å². The zero-order chi connectivity index (χ0) is 13.5. The van der Waals surface area contributed by atoms with Gasteiger partial charge < -0.3 is 15.7 Å². The molecule has 0 bridgehead atoms. The van der Waals surface area contributed by atoms with Crippen LogP contribution in [-0.4, -0.2) is 29.7 Å². The Balaban J connectivity index is 2.24. The van der Waals surface area contributed by atoms with E-state index in [9.17, 15) is 9.59 Å². The summed E-state index contributed by atoms with van der Waals surface area (Å²) in [6.07, 6.45) is 4.99. The average molecular weight is 256 g/mol. The van der Waals surface area contributed by atoms with Crippen LogP contribution in [0, 0.1) is 11.8 Å². The molecule has 104 valence electrons. The SMILES string of the molecule is CCCC(CNC(=O)NC(C)C1CCC1)C(=O)O. The summed E-state index contributed by atoms with van der Waals surface area (Å²) in [5, 5.41) is 14.5. The molecule has 1 aliphatic rings. The predicted molar refractivity (Wildman–Crippen MR) is 69.4 cm³/mol. The van der Waals surface area contributed by atoms with E-state index in [1.54, 1.807) is 0 Å². The van der Waals surface area contributed by atoms with Gasteiger partial charge in [-0.05, 0) is 32.1 Å². The molecular weight excluding hydrogens is 232 g/mol. The van der Waals surface area contributed by atoms with Crippen molar-refractivity contribution < 1.29 is 14.7 Å². The molecule has 5 heteroatoms. The fourth-order valence-electron chi connectivity index (χ4n) is 2.19. The molecule has 0 aromatic rings. The standard InChI is InChI=1S/C13H24N2O3/c1-3-5-11(12(16)17)8-14-13(18)15-9(2)10-6-4-7-10/h9-11H,3-8H2,1-2H3,(H,16,17)(H2,14,15,18). The molecule has 0 saturated heterocycles. The number of carbonyl (C=O) groups excluding carboxylic acids is 1. The Hall–Kier alpha value is -1.26. The molecule has 1 aliphatic carbocycles. The molecule has 5 nitrogen and oxygen atoms in total. The molecule has 1 saturated carbocycles. The third kappa shape index (κ3) is 4.55.